The van der Waals surface area contributed by atoms with Crippen molar-refractivity contribution in [3.8, 4) is 0 Å². The maximum Gasteiger partial charge on any atom is 0.221 e. The van der Waals surface area contributed by atoms with Gasteiger partial charge in [-0.3, -0.25) is 10.7 Å². The smallest absolute Gasteiger partial charge is 0.221 e. The highest BCUT2D eigenvalue weighted by molar-refractivity contribution is 5.97. The lowest BCUT2D eigenvalue weighted by molar-refractivity contribution is 0.570. The predicted molar refractivity (Wildman–Crippen MR) is 68.4 cm³/mol. The summed E-state index contributed by atoms with van der Waals surface area (Å²) >= 11 is 0. The maximum absolute atomic E-state index is 7.21. The number of hydrogen-bond donors (Lipinski definition) is 4. The lowest BCUT2D eigenvalue weighted by atomic mass is 10.2. The number of nitrogens with two attached hydrogens (primary N) is 1. The molecule has 1 aromatic rings. The van der Waals surface area contributed by atoms with Crippen molar-refractivity contribution in [2.24, 2.45) is 10.7 Å². The molecular weight excluding hydrogens is 218 g/mol. The minimum atomic E-state index is -0.161. The fourth-order valence-electron chi connectivity index (χ4n) is 1.41. The monoisotopic (exact) mass is 237 g/mol. The molecule has 0 amide bonds. The first-order chi connectivity index (χ1) is 8.11. The van der Waals surface area contributed by atoms with E-state index < -0.39 is 0 Å². The van der Waals surface area contributed by atoms with Crippen LogP contribution in [0, 0.1) is 5.41 Å². The van der Waals surface area contributed by atoms with Gasteiger partial charge in [-0.25, -0.2) is 0 Å². The number of furan rings is 1. The van der Waals surface area contributed by atoms with Crippen molar-refractivity contribution in [3.63, 3.8) is 0 Å². The van der Waals surface area contributed by atoms with Crippen LogP contribution in [-0.2, 0) is 0 Å². The van der Waals surface area contributed by atoms with Gasteiger partial charge in [-0.1, -0.05) is 13.3 Å². The van der Waals surface area contributed by atoms with Crippen molar-refractivity contribution in [2.45, 2.75) is 32.7 Å². The molecule has 0 aliphatic heterocycles. The molecule has 17 heavy (non-hydrogen) atoms. The van der Waals surface area contributed by atoms with Gasteiger partial charge in [0.25, 0.3) is 0 Å². The second kappa shape index (κ2) is 6.57. The van der Waals surface area contributed by atoms with Crippen LogP contribution in [0.3, 0.4) is 0 Å². The van der Waals surface area contributed by atoms with Crippen LogP contribution >= 0.6 is 0 Å². The Kier molecular flexibility index (Phi) is 5.06. The predicted octanol–water partition coefficient (Wildman–Crippen LogP) is 1.53. The molecule has 5 N–H and O–H groups in total. The summed E-state index contributed by atoms with van der Waals surface area (Å²) in [6, 6.07) is 3.73. The van der Waals surface area contributed by atoms with Crippen molar-refractivity contribution < 1.29 is 4.42 Å². The van der Waals surface area contributed by atoms with E-state index in [1.165, 1.54) is 0 Å². The Morgan fingerprint density at radius 2 is 2.41 bits per heavy atom. The lowest BCUT2D eigenvalue weighted by Crippen LogP contribution is -2.47. The molecule has 1 heterocycles. The van der Waals surface area contributed by atoms with E-state index in [1.54, 1.807) is 18.4 Å². The molecule has 0 radical (unpaired) electrons. The van der Waals surface area contributed by atoms with Crippen LogP contribution in [-0.4, -0.2) is 18.0 Å². The summed E-state index contributed by atoms with van der Waals surface area (Å²) in [5, 5.41) is 13.0. The first kappa shape index (κ1) is 13.1. The van der Waals surface area contributed by atoms with Crippen molar-refractivity contribution in [1.82, 2.24) is 10.6 Å². The van der Waals surface area contributed by atoms with Crippen LogP contribution in [0.5, 0.6) is 0 Å². The molecule has 0 bridgehead atoms. The molecule has 6 nitrogen and oxygen atoms in total. The van der Waals surface area contributed by atoms with E-state index in [-0.39, 0.29) is 12.0 Å². The highest BCUT2D eigenvalue weighted by Crippen LogP contribution is 2.10. The summed E-state index contributed by atoms with van der Waals surface area (Å²) in [7, 11) is 0. The van der Waals surface area contributed by atoms with Gasteiger partial charge in [0.05, 0.1) is 6.26 Å². The third-order valence-corrected chi connectivity index (χ3v) is 2.09. The average Bonchev–Trinajstić information content (AvgIpc) is 2.69. The van der Waals surface area contributed by atoms with Gasteiger partial charge in [0, 0.05) is 12.1 Å². The van der Waals surface area contributed by atoms with Gasteiger partial charge in [0.15, 0.2) is 5.96 Å². The number of nitrogens with one attached hydrogen (secondary N) is 3. The second-order valence-corrected chi connectivity index (χ2v) is 3.78. The van der Waals surface area contributed by atoms with E-state index >= 15 is 0 Å². The zero-order chi connectivity index (χ0) is 12.7. The Morgan fingerprint density at radius 3 is 2.94 bits per heavy atom. The molecule has 0 aliphatic rings. The molecule has 0 saturated carbocycles. The van der Waals surface area contributed by atoms with E-state index in [4.69, 9.17) is 15.6 Å². The Morgan fingerprint density at radius 1 is 1.65 bits per heavy atom. The molecule has 1 atom stereocenters. The summed E-state index contributed by atoms with van der Waals surface area (Å²) in [6.07, 6.45) is 3.62. The van der Waals surface area contributed by atoms with E-state index in [2.05, 4.69) is 22.5 Å². The molecule has 0 spiro atoms. The Labute approximate surface area is 101 Å². The lowest BCUT2D eigenvalue weighted by Gasteiger charge is -2.16. The molecular formula is C11H19N5O. The van der Waals surface area contributed by atoms with Crippen LogP contribution < -0.4 is 16.4 Å². The van der Waals surface area contributed by atoms with Crippen LogP contribution in [0.1, 0.15) is 26.7 Å². The Bertz CT molecular complexity index is 371. The Balaban J connectivity index is 2.70. The standard InChI is InChI=1S/C11H19N5O/c1-3-5-8(2)14-11(16-10(12)13)15-9-6-4-7-17-9/h4,6-8H,3,5H2,1-2H3,(H5,12,13,14,15,16). The van der Waals surface area contributed by atoms with Crippen molar-refractivity contribution in [2.75, 3.05) is 0 Å². The zero-order valence-electron chi connectivity index (χ0n) is 10.2. The first-order valence-corrected chi connectivity index (χ1v) is 5.61. The second-order valence-electron chi connectivity index (χ2n) is 3.78. The number of aliphatic imine (C=N–C) groups is 1. The third kappa shape index (κ3) is 5.05. The first-order valence-electron chi connectivity index (χ1n) is 5.61. The number of hydrogen-bond acceptors (Lipinski definition) is 3. The zero-order valence-corrected chi connectivity index (χ0v) is 10.2. The number of rotatable bonds is 4. The van der Waals surface area contributed by atoms with E-state index in [0.29, 0.717) is 11.8 Å². The molecule has 6 heteroatoms. The van der Waals surface area contributed by atoms with Gasteiger partial charge in [-0.2, -0.15) is 4.99 Å². The van der Waals surface area contributed by atoms with E-state index in [9.17, 15) is 0 Å². The van der Waals surface area contributed by atoms with Gasteiger partial charge in [0.2, 0.25) is 11.8 Å². The fraction of sp³-hybridized carbons (Fsp3) is 0.455. The van der Waals surface area contributed by atoms with E-state index in [0.717, 1.165) is 12.8 Å². The van der Waals surface area contributed by atoms with Crippen LogP contribution in [0.15, 0.2) is 27.8 Å². The molecule has 1 unspecified atom stereocenters. The molecule has 0 saturated heterocycles. The largest absolute Gasteiger partial charge is 0.447 e. The topological polar surface area (TPSA) is 99.4 Å². The summed E-state index contributed by atoms with van der Waals surface area (Å²) in [5.41, 5.74) is 5.29. The SMILES string of the molecule is CCCC(C)NC(=Nc1ccco1)NC(=N)N. The summed E-state index contributed by atoms with van der Waals surface area (Å²) < 4.78 is 5.11. The quantitative estimate of drug-likeness (QED) is 0.471. The van der Waals surface area contributed by atoms with Crippen LogP contribution in [0.25, 0.3) is 0 Å². The van der Waals surface area contributed by atoms with Crippen LogP contribution in [0.2, 0.25) is 0 Å². The molecule has 94 valence electrons. The highest BCUT2D eigenvalue weighted by Gasteiger charge is 2.06. The Hall–Kier alpha value is -1.98. The maximum atomic E-state index is 7.21. The third-order valence-electron chi connectivity index (χ3n) is 2.09. The molecule has 0 fully saturated rings. The molecule has 1 aromatic heterocycles. The molecule has 1 rings (SSSR count). The van der Waals surface area contributed by atoms with Gasteiger partial charge in [0.1, 0.15) is 0 Å². The molecule has 0 aliphatic carbocycles. The van der Waals surface area contributed by atoms with Crippen molar-refractivity contribution in [3.05, 3.63) is 18.4 Å². The molecule has 0 aromatic carbocycles. The van der Waals surface area contributed by atoms with Gasteiger partial charge >= 0.3 is 0 Å². The fourth-order valence-corrected chi connectivity index (χ4v) is 1.41. The minimum absolute atomic E-state index is 0.161. The number of nitrogens with zero attached hydrogens (tertiary/aromatic N) is 1. The van der Waals surface area contributed by atoms with Gasteiger partial charge in [-0.05, 0) is 19.4 Å². The van der Waals surface area contributed by atoms with Crippen molar-refractivity contribution >= 4 is 17.8 Å². The van der Waals surface area contributed by atoms with Gasteiger partial charge < -0.3 is 15.5 Å². The normalized spacial score (nSPS) is 13.2. The van der Waals surface area contributed by atoms with E-state index in [1.807, 2.05) is 6.92 Å². The van der Waals surface area contributed by atoms with Gasteiger partial charge in [-0.15, -0.1) is 0 Å². The van der Waals surface area contributed by atoms with Crippen molar-refractivity contribution in [1.29, 1.82) is 5.41 Å². The highest BCUT2D eigenvalue weighted by atomic mass is 16.3. The summed E-state index contributed by atoms with van der Waals surface area (Å²) in [6.45, 7) is 4.16. The average molecular weight is 237 g/mol. The van der Waals surface area contributed by atoms with Crippen LogP contribution in [0.4, 0.5) is 5.88 Å². The summed E-state index contributed by atoms with van der Waals surface area (Å²) in [4.78, 5) is 4.19. The number of guanidine groups is 2. The minimum Gasteiger partial charge on any atom is -0.447 e. The summed E-state index contributed by atoms with van der Waals surface area (Å²) in [5.74, 6) is 0.727.